The fraction of sp³-hybridized carbons (Fsp3) is 0.353. The van der Waals surface area contributed by atoms with Gasteiger partial charge in [-0.15, -0.1) is 0 Å². The number of benzene rings is 1. The van der Waals surface area contributed by atoms with E-state index in [0.717, 1.165) is 11.1 Å². The first-order valence-electron chi connectivity index (χ1n) is 7.04. The summed E-state index contributed by atoms with van der Waals surface area (Å²) in [4.78, 5) is 4.18. The number of halogens is 1. The normalized spacial score (nSPS) is 13.0. The molecule has 0 aliphatic heterocycles. The van der Waals surface area contributed by atoms with Gasteiger partial charge in [-0.2, -0.15) is 0 Å². The summed E-state index contributed by atoms with van der Waals surface area (Å²) in [6.45, 7) is 6.59. The second kappa shape index (κ2) is 6.22. The monoisotopic (exact) mass is 288 g/mol. The van der Waals surface area contributed by atoms with Crippen molar-refractivity contribution >= 4 is 0 Å². The average molecular weight is 288 g/mol. The Morgan fingerprint density at radius 2 is 1.90 bits per heavy atom. The molecule has 1 atom stereocenters. The van der Waals surface area contributed by atoms with Crippen molar-refractivity contribution in [3.63, 3.8) is 0 Å². The summed E-state index contributed by atoms with van der Waals surface area (Å²) < 4.78 is 18.5. The fourth-order valence-corrected chi connectivity index (χ4v) is 2.33. The number of pyridine rings is 1. The van der Waals surface area contributed by atoms with Gasteiger partial charge in [0.25, 0.3) is 0 Å². The van der Waals surface area contributed by atoms with Gasteiger partial charge >= 0.3 is 0 Å². The van der Waals surface area contributed by atoms with Gasteiger partial charge in [0.05, 0.1) is 12.8 Å². The van der Waals surface area contributed by atoms with Crippen LogP contribution in [0.15, 0.2) is 42.7 Å². The zero-order valence-corrected chi connectivity index (χ0v) is 12.6. The Morgan fingerprint density at radius 1 is 1.24 bits per heavy atom. The molecule has 3 nitrogen and oxygen atoms in total. The third-order valence-corrected chi connectivity index (χ3v) is 3.77. The molecule has 0 fully saturated rings. The van der Waals surface area contributed by atoms with Crippen molar-refractivity contribution < 1.29 is 9.13 Å². The highest BCUT2D eigenvalue weighted by Crippen LogP contribution is 2.35. The number of hydrogen-bond donors (Lipinski definition) is 1. The van der Waals surface area contributed by atoms with E-state index in [-0.39, 0.29) is 17.3 Å². The highest BCUT2D eigenvalue weighted by atomic mass is 19.1. The summed E-state index contributed by atoms with van der Waals surface area (Å²) in [6, 6.07) is 8.10. The molecule has 0 bridgehead atoms. The zero-order valence-electron chi connectivity index (χ0n) is 12.6. The van der Waals surface area contributed by atoms with Gasteiger partial charge in [-0.05, 0) is 36.2 Å². The molecule has 0 spiro atoms. The van der Waals surface area contributed by atoms with Crippen molar-refractivity contribution in [1.29, 1.82) is 0 Å². The summed E-state index contributed by atoms with van der Waals surface area (Å²) in [6.07, 6.45) is 3.42. The molecule has 21 heavy (non-hydrogen) atoms. The molecule has 0 aliphatic carbocycles. The average Bonchev–Trinajstić information content (AvgIpc) is 2.47. The van der Waals surface area contributed by atoms with Gasteiger partial charge < -0.3 is 10.5 Å². The van der Waals surface area contributed by atoms with Gasteiger partial charge in [-0.1, -0.05) is 26.0 Å². The topological polar surface area (TPSA) is 48.1 Å². The van der Waals surface area contributed by atoms with Gasteiger partial charge in [0.2, 0.25) is 0 Å². The molecular formula is C17H21FN2O. The van der Waals surface area contributed by atoms with Gasteiger partial charge in [-0.3, -0.25) is 4.98 Å². The molecule has 112 valence electrons. The SMILES string of the molecule is CCOc1cncc(C(N)C(C)(C)c2ccc(F)cc2)c1. The van der Waals surface area contributed by atoms with Crippen molar-refractivity contribution in [2.75, 3.05) is 6.61 Å². The summed E-state index contributed by atoms with van der Waals surface area (Å²) >= 11 is 0. The first kappa shape index (κ1) is 15.4. The second-order valence-electron chi connectivity index (χ2n) is 5.59. The zero-order chi connectivity index (χ0) is 15.5. The van der Waals surface area contributed by atoms with Gasteiger partial charge in [-0.25, -0.2) is 4.39 Å². The highest BCUT2D eigenvalue weighted by molar-refractivity contribution is 5.33. The molecule has 4 heteroatoms. The van der Waals surface area contributed by atoms with Crippen LogP contribution >= 0.6 is 0 Å². The predicted octanol–water partition coefficient (Wildman–Crippen LogP) is 3.60. The third-order valence-electron chi connectivity index (χ3n) is 3.77. The van der Waals surface area contributed by atoms with Crippen LogP contribution in [0.5, 0.6) is 5.75 Å². The minimum atomic E-state index is -0.347. The minimum absolute atomic E-state index is 0.247. The van der Waals surface area contributed by atoms with Crippen molar-refractivity contribution in [2.45, 2.75) is 32.2 Å². The Morgan fingerprint density at radius 3 is 2.52 bits per heavy atom. The number of rotatable bonds is 5. The van der Waals surface area contributed by atoms with Crippen LogP contribution in [0.25, 0.3) is 0 Å². The molecule has 2 rings (SSSR count). The van der Waals surface area contributed by atoms with Crippen LogP contribution in [0.2, 0.25) is 0 Å². The quantitative estimate of drug-likeness (QED) is 0.914. The first-order chi connectivity index (χ1) is 9.95. The molecule has 0 saturated carbocycles. The molecule has 1 aromatic heterocycles. The lowest BCUT2D eigenvalue weighted by atomic mass is 9.75. The summed E-state index contributed by atoms with van der Waals surface area (Å²) in [7, 11) is 0. The molecule has 0 amide bonds. The van der Waals surface area contributed by atoms with Crippen LogP contribution in [0.1, 0.15) is 37.9 Å². The van der Waals surface area contributed by atoms with Crippen LogP contribution in [-0.2, 0) is 5.41 Å². The Labute approximate surface area is 125 Å². The van der Waals surface area contributed by atoms with E-state index in [1.807, 2.05) is 26.8 Å². The van der Waals surface area contributed by atoms with Crippen molar-refractivity contribution in [3.05, 3.63) is 59.7 Å². The van der Waals surface area contributed by atoms with Crippen LogP contribution in [-0.4, -0.2) is 11.6 Å². The van der Waals surface area contributed by atoms with Crippen LogP contribution in [0, 0.1) is 5.82 Å². The Bertz CT molecular complexity index is 596. The molecule has 1 heterocycles. The predicted molar refractivity (Wildman–Crippen MR) is 81.8 cm³/mol. The number of hydrogen-bond acceptors (Lipinski definition) is 3. The fourth-order valence-electron chi connectivity index (χ4n) is 2.33. The maximum absolute atomic E-state index is 13.1. The van der Waals surface area contributed by atoms with E-state index >= 15 is 0 Å². The van der Waals surface area contributed by atoms with E-state index in [1.54, 1.807) is 24.5 Å². The first-order valence-corrected chi connectivity index (χ1v) is 7.04. The second-order valence-corrected chi connectivity index (χ2v) is 5.59. The molecule has 1 aromatic carbocycles. The smallest absolute Gasteiger partial charge is 0.137 e. The maximum atomic E-state index is 13.1. The van der Waals surface area contributed by atoms with E-state index in [4.69, 9.17) is 10.5 Å². The largest absolute Gasteiger partial charge is 0.492 e. The standard InChI is InChI=1S/C17H21FN2O/c1-4-21-15-9-12(10-20-11-15)16(19)17(2,3)13-5-7-14(18)8-6-13/h5-11,16H,4,19H2,1-3H3. The van der Waals surface area contributed by atoms with Gasteiger partial charge in [0.1, 0.15) is 11.6 Å². The summed E-state index contributed by atoms with van der Waals surface area (Å²) in [5, 5.41) is 0. The summed E-state index contributed by atoms with van der Waals surface area (Å²) in [5.74, 6) is 0.462. The van der Waals surface area contributed by atoms with E-state index in [1.165, 1.54) is 12.1 Å². The van der Waals surface area contributed by atoms with Gasteiger partial charge in [0.15, 0.2) is 0 Å². The lowest BCUT2D eigenvalue weighted by Gasteiger charge is -2.32. The van der Waals surface area contributed by atoms with E-state index in [9.17, 15) is 4.39 Å². The van der Waals surface area contributed by atoms with E-state index in [2.05, 4.69) is 4.98 Å². The highest BCUT2D eigenvalue weighted by Gasteiger charge is 2.30. The van der Waals surface area contributed by atoms with Crippen LogP contribution in [0.4, 0.5) is 4.39 Å². The Hall–Kier alpha value is -1.94. The Kier molecular flexibility index (Phi) is 4.58. The van der Waals surface area contributed by atoms with Crippen molar-refractivity contribution in [3.8, 4) is 5.75 Å². The third kappa shape index (κ3) is 3.39. The van der Waals surface area contributed by atoms with E-state index < -0.39 is 0 Å². The molecule has 0 radical (unpaired) electrons. The number of nitrogens with two attached hydrogens (primary N) is 1. The van der Waals surface area contributed by atoms with Crippen LogP contribution in [0.3, 0.4) is 0 Å². The lowest BCUT2D eigenvalue weighted by Crippen LogP contribution is -2.33. The number of nitrogens with zero attached hydrogens (tertiary/aromatic N) is 1. The molecule has 2 N–H and O–H groups in total. The summed E-state index contributed by atoms with van der Waals surface area (Å²) in [5.41, 5.74) is 7.95. The maximum Gasteiger partial charge on any atom is 0.137 e. The van der Waals surface area contributed by atoms with Crippen molar-refractivity contribution in [1.82, 2.24) is 4.98 Å². The van der Waals surface area contributed by atoms with Crippen molar-refractivity contribution in [2.24, 2.45) is 5.73 Å². The molecule has 1 unspecified atom stereocenters. The minimum Gasteiger partial charge on any atom is -0.492 e. The molecule has 0 aliphatic rings. The van der Waals surface area contributed by atoms with E-state index in [0.29, 0.717) is 12.4 Å². The number of ether oxygens (including phenoxy) is 1. The molecule has 2 aromatic rings. The van der Waals surface area contributed by atoms with Gasteiger partial charge in [0, 0.05) is 17.7 Å². The lowest BCUT2D eigenvalue weighted by molar-refractivity contribution is 0.336. The number of aromatic nitrogens is 1. The molecular weight excluding hydrogens is 267 g/mol. The molecule has 0 saturated heterocycles. The Balaban J connectivity index is 2.30. The van der Waals surface area contributed by atoms with Crippen LogP contribution < -0.4 is 10.5 Å².